The van der Waals surface area contributed by atoms with Crippen molar-refractivity contribution in [1.29, 1.82) is 0 Å². The third kappa shape index (κ3) is 4.58. The zero-order chi connectivity index (χ0) is 15.1. The topological polar surface area (TPSA) is 58.4 Å². The van der Waals surface area contributed by atoms with Crippen molar-refractivity contribution in [2.75, 3.05) is 26.2 Å². The SMILES string of the molecule is CCN(CC)CCNC(C)c1ccc(C)c([N+](=O)[O-])c1. The lowest BCUT2D eigenvalue weighted by atomic mass is 10.0. The van der Waals surface area contributed by atoms with Crippen molar-refractivity contribution in [3.8, 4) is 0 Å². The van der Waals surface area contributed by atoms with Crippen LogP contribution < -0.4 is 5.32 Å². The second-order valence-electron chi connectivity index (χ2n) is 5.01. The fourth-order valence-corrected chi connectivity index (χ4v) is 2.19. The van der Waals surface area contributed by atoms with Crippen LogP contribution in [0.3, 0.4) is 0 Å². The number of nitro benzene ring substituents is 1. The fourth-order valence-electron chi connectivity index (χ4n) is 2.19. The molecule has 1 aromatic rings. The van der Waals surface area contributed by atoms with Gasteiger partial charge in [0.2, 0.25) is 0 Å². The Morgan fingerprint density at radius 1 is 1.35 bits per heavy atom. The molecule has 0 fully saturated rings. The summed E-state index contributed by atoms with van der Waals surface area (Å²) in [7, 11) is 0. The Hall–Kier alpha value is -1.46. The Morgan fingerprint density at radius 3 is 2.55 bits per heavy atom. The van der Waals surface area contributed by atoms with Crippen molar-refractivity contribution in [1.82, 2.24) is 10.2 Å². The number of benzene rings is 1. The molecule has 0 amide bonds. The predicted octanol–water partition coefficient (Wildman–Crippen LogP) is 2.90. The minimum absolute atomic E-state index is 0.116. The maximum absolute atomic E-state index is 11.0. The van der Waals surface area contributed by atoms with Crippen LogP contribution in [-0.4, -0.2) is 36.0 Å². The summed E-state index contributed by atoms with van der Waals surface area (Å²) in [6, 6.07) is 5.56. The first kappa shape index (κ1) is 16.6. The molecule has 112 valence electrons. The molecule has 0 aliphatic carbocycles. The van der Waals surface area contributed by atoms with Crippen LogP contribution in [0, 0.1) is 17.0 Å². The highest BCUT2D eigenvalue weighted by atomic mass is 16.6. The van der Waals surface area contributed by atoms with Crippen LogP contribution in [0.25, 0.3) is 0 Å². The largest absolute Gasteiger partial charge is 0.309 e. The molecule has 1 rings (SSSR count). The molecule has 0 aliphatic rings. The van der Waals surface area contributed by atoms with Crippen molar-refractivity contribution in [3.05, 3.63) is 39.4 Å². The molecule has 1 atom stereocenters. The summed E-state index contributed by atoms with van der Waals surface area (Å²) in [5.41, 5.74) is 1.86. The van der Waals surface area contributed by atoms with E-state index in [1.807, 2.05) is 19.1 Å². The van der Waals surface area contributed by atoms with Gasteiger partial charge in [0.15, 0.2) is 0 Å². The van der Waals surface area contributed by atoms with Crippen molar-refractivity contribution in [2.45, 2.75) is 33.7 Å². The van der Waals surface area contributed by atoms with Crippen LogP contribution in [0.5, 0.6) is 0 Å². The number of nitrogens with zero attached hydrogens (tertiary/aromatic N) is 2. The summed E-state index contributed by atoms with van der Waals surface area (Å²) in [5.74, 6) is 0. The highest BCUT2D eigenvalue weighted by Gasteiger charge is 2.14. The molecular weight excluding hydrogens is 254 g/mol. The number of likely N-dealkylation sites (N-methyl/N-ethyl adjacent to an activating group) is 1. The first-order chi connectivity index (χ1) is 9.49. The number of aryl methyl sites for hydroxylation is 1. The quantitative estimate of drug-likeness (QED) is 0.587. The van der Waals surface area contributed by atoms with Crippen LogP contribution in [0.4, 0.5) is 5.69 Å². The molecule has 5 nitrogen and oxygen atoms in total. The van der Waals surface area contributed by atoms with Gasteiger partial charge in [-0.15, -0.1) is 0 Å². The molecule has 5 heteroatoms. The molecule has 20 heavy (non-hydrogen) atoms. The van der Waals surface area contributed by atoms with Gasteiger partial charge in [-0.25, -0.2) is 0 Å². The van der Waals surface area contributed by atoms with Crippen LogP contribution in [0.15, 0.2) is 18.2 Å². The number of hydrogen-bond donors (Lipinski definition) is 1. The van der Waals surface area contributed by atoms with Gasteiger partial charge in [0, 0.05) is 30.8 Å². The van der Waals surface area contributed by atoms with E-state index in [1.54, 1.807) is 13.0 Å². The van der Waals surface area contributed by atoms with Crippen LogP contribution in [0.2, 0.25) is 0 Å². The number of nitrogens with one attached hydrogen (secondary N) is 1. The Kier molecular flexibility index (Phi) is 6.61. The summed E-state index contributed by atoms with van der Waals surface area (Å²) >= 11 is 0. The van der Waals surface area contributed by atoms with Crippen molar-refractivity contribution in [2.24, 2.45) is 0 Å². The van der Waals surface area contributed by atoms with E-state index in [4.69, 9.17) is 0 Å². The third-order valence-corrected chi connectivity index (χ3v) is 3.70. The predicted molar refractivity (Wildman–Crippen MR) is 82.0 cm³/mol. The second-order valence-corrected chi connectivity index (χ2v) is 5.01. The van der Waals surface area contributed by atoms with Crippen LogP contribution in [-0.2, 0) is 0 Å². The third-order valence-electron chi connectivity index (χ3n) is 3.70. The van der Waals surface area contributed by atoms with E-state index >= 15 is 0 Å². The van der Waals surface area contributed by atoms with E-state index in [9.17, 15) is 10.1 Å². The van der Waals surface area contributed by atoms with E-state index < -0.39 is 0 Å². The summed E-state index contributed by atoms with van der Waals surface area (Å²) in [4.78, 5) is 13.0. The fraction of sp³-hybridized carbons (Fsp3) is 0.600. The van der Waals surface area contributed by atoms with Gasteiger partial charge in [-0.1, -0.05) is 26.0 Å². The smallest absolute Gasteiger partial charge is 0.272 e. The van der Waals surface area contributed by atoms with Gasteiger partial charge in [0.1, 0.15) is 0 Å². The Labute approximate surface area is 121 Å². The summed E-state index contributed by atoms with van der Waals surface area (Å²) in [5, 5.41) is 14.4. The molecule has 1 N–H and O–H groups in total. The lowest BCUT2D eigenvalue weighted by molar-refractivity contribution is -0.385. The summed E-state index contributed by atoms with van der Waals surface area (Å²) in [6.45, 7) is 12.1. The number of nitro groups is 1. The zero-order valence-electron chi connectivity index (χ0n) is 12.8. The van der Waals surface area contributed by atoms with Crippen molar-refractivity contribution in [3.63, 3.8) is 0 Å². The van der Waals surface area contributed by atoms with Crippen molar-refractivity contribution >= 4 is 5.69 Å². The Balaban J connectivity index is 2.61. The molecule has 0 radical (unpaired) electrons. The average molecular weight is 279 g/mol. The monoisotopic (exact) mass is 279 g/mol. The van der Waals surface area contributed by atoms with Gasteiger partial charge in [-0.2, -0.15) is 0 Å². The molecule has 1 aromatic carbocycles. The Bertz CT molecular complexity index is 445. The lowest BCUT2D eigenvalue weighted by Crippen LogP contribution is -2.33. The minimum atomic E-state index is -0.318. The van der Waals surface area contributed by atoms with Gasteiger partial charge in [-0.05, 0) is 32.5 Å². The van der Waals surface area contributed by atoms with Gasteiger partial charge in [0.25, 0.3) is 5.69 Å². The van der Waals surface area contributed by atoms with Gasteiger partial charge in [0.05, 0.1) is 4.92 Å². The molecule has 0 heterocycles. The van der Waals surface area contributed by atoms with E-state index in [1.165, 1.54) is 0 Å². The van der Waals surface area contributed by atoms with E-state index in [-0.39, 0.29) is 16.7 Å². The first-order valence-electron chi connectivity index (χ1n) is 7.20. The minimum Gasteiger partial charge on any atom is -0.309 e. The molecule has 0 aliphatic heterocycles. The Morgan fingerprint density at radius 2 is 2.00 bits per heavy atom. The van der Waals surface area contributed by atoms with Crippen molar-refractivity contribution < 1.29 is 4.92 Å². The lowest BCUT2D eigenvalue weighted by Gasteiger charge is -2.20. The standard InChI is InChI=1S/C15H25N3O2/c1-5-17(6-2)10-9-16-13(4)14-8-7-12(3)15(11-14)18(19)20/h7-8,11,13,16H,5-6,9-10H2,1-4H3. The molecule has 0 saturated carbocycles. The highest BCUT2D eigenvalue weighted by molar-refractivity contribution is 5.43. The number of hydrogen-bond acceptors (Lipinski definition) is 4. The molecule has 0 aromatic heterocycles. The number of rotatable bonds is 8. The highest BCUT2D eigenvalue weighted by Crippen LogP contribution is 2.22. The molecule has 0 bridgehead atoms. The second kappa shape index (κ2) is 7.97. The molecule has 1 unspecified atom stereocenters. The van der Waals surface area contributed by atoms with E-state index in [0.717, 1.165) is 31.7 Å². The normalized spacial score (nSPS) is 12.7. The average Bonchev–Trinajstić information content (AvgIpc) is 2.43. The summed E-state index contributed by atoms with van der Waals surface area (Å²) < 4.78 is 0. The van der Waals surface area contributed by atoms with Crippen LogP contribution in [0.1, 0.15) is 37.9 Å². The van der Waals surface area contributed by atoms with Gasteiger partial charge >= 0.3 is 0 Å². The maximum atomic E-state index is 11.0. The van der Waals surface area contributed by atoms with Crippen LogP contribution >= 0.6 is 0 Å². The first-order valence-corrected chi connectivity index (χ1v) is 7.20. The molecular formula is C15H25N3O2. The zero-order valence-corrected chi connectivity index (χ0v) is 12.8. The summed E-state index contributed by atoms with van der Waals surface area (Å²) in [6.07, 6.45) is 0. The van der Waals surface area contributed by atoms with E-state index in [2.05, 4.69) is 24.1 Å². The maximum Gasteiger partial charge on any atom is 0.272 e. The van der Waals surface area contributed by atoms with E-state index in [0.29, 0.717) is 5.56 Å². The molecule has 0 spiro atoms. The van der Waals surface area contributed by atoms with Gasteiger partial charge < -0.3 is 10.2 Å². The van der Waals surface area contributed by atoms with Gasteiger partial charge in [-0.3, -0.25) is 10.1 Å². The molecule has 0 saturated heterocycles.